The molecule has 1 fully saturated rings. The lowest BCUT2D eigenvalue weighted by Gasteiger charge is -2.38. The van der Waals surface area contributed by atoms with Gasteiger partial charge in [0.1, 0.15) is 5.76 Å². The molecule has 1 aliphatic rings. The SMILES string of the molecule is C=C(NC(=O)C1CN(Cc2ccccc2)C1)/C(N)=C\C=C(/C)c1ccco1. The summed E-state index contributed by atoms with van der Waals surface area (Å²) in [6.07, 6.45) is 5.19. The van der Waals surface area contributed by atoms with Crippen LogP contribution in [0.4, 0.5) is 0 Å². The highest BCUT2D eigenvalue weighted by atomic mass is 16.3. The van der Waals surface area contributed by atoms with E-state index in [1.165, 1.54) is 5.56 Å². The summed E-state index contributed by atoms with van der Waals surface area (Å²) in [5.74, 6) is 0.715. The zero-order valence-corrected chi connectivity index (χ0v) is 15.5. The molecule has 0 unspecified atom stereocenters. The molecular weight excluding hydrogens is 338 g/mol. The Bertz CT molecular complexity index is 845. The van der Waals surface area contributed by atoms with E-state index in [1.54, 1.807) is 12.3 Å². The monoisotopic (exact) mass is 363 g/mol. The van der Waals surface area contributed by atoms with E-state index in [0.29, 0.717) is 11.4 Å². The van der Waals surface area contributed by atoms with Gasteiger partial charge in [-0.1, -0.05) is 43.0 Å². The Labute approximate surface area is 159 Å². The van der Waals surface area contributed by atoms with E-state index in [2.05, 4.69) is 28.9 Å². The second kappa shape index (κ2) is 8.56. The lowest BCUT2D eigenvalue weighted by atomic mass is 9.98. The van der Waals surface area contributed by atoms with Gasteiger partial charge in [0.2, 0.25) is 5.91 Å². The molecule has 2 heterocycles. The lowest BCUT2D eigenvalue weighted by molar-refractivity contribution is -0.129. The summed E-state index contributed by atoms with van der Waals surface area (Å²) >= 11 is 0. The van der Waals surface area contributed by atoms with E-state index in [-0.39, 0.29) is 11.8 Å². The number of allylic oxidation sites excluding steroid dienone is 3. The van der Waals surface area contributed by atoms with Crippen LogP contribution in [0.15, 0.2) is 83.3 Å². The Morgan fingerprint density at radius 1 is 1.26 bits per heavy atom. The van der Waals surface area contributed by atoms with Crippen molar-refractivity contribution in [2.75, 3.05) is 13.1 Å². The van der Waals surface area contributed by atoms with Crippen LogP contribution in [0, 0.1) is 5.92 Å². The first kappa shape index (κ1) is 18.7. The minimum absolute atomic E-state index is 0.0290. The van der Waals surface area contributed by atoms with Crippen molar-refractivity contribution < 1.29 is 9.21 Å². The number of carbonyl (C=O) groups excluding carboxylic acids is 1. The minimum Gasteiger partial charge on any atom is -0.465 e. The van der Waals surface area contributed by atoms with E-state index in [9.17, 15) is 4.79 Å². The molecule has 0 spiro atoms. The van der Waals surface area contributed by atoms with E-state index in [0.717, 1.165) is 31.0 Å². The normalized spacial score (nSPS) is 16.0. The van der Waals surface area contributed by atoms with Crippen molar-refractivity contribution in [3.05, 3.63) is 90.2 Å². The highest BCUT2D eigenvalue weighted by Gasteiger charge is 2.32. The van der Waals surface area contributed by atoms with Crippen LogP contribution in [0.3, 0.4) is 0 Å². The van der Waals surface area contributed by atoms with Gasteiger partial charge in [-0.05, 0) is 36.3 Å². The summed E-state index contributed by atoms with van der Waals surface area (Å²) in [6, 6.07) is 14.0. The van der Waals surface area contributed by atoms with Crippen LogP contribution in [-0.4, -0.2) is 23.9 Å². The van der Waals surface area contributed by atoms with Crippen molar-refractivity contribution in [2.45, 2.75) is 13.5 Å². The van der Waals surface area contributed by atoms with Crippen LogP contribution in [0.5, 0.6) is 0 Å². The van der Waals surface area contributed by atoms with Gasteiger partial charge < -0.3 is 15.5 Å². The molecule has 1 aromatic heterocycles. The van der Waals surface area contributed by atoms with E-state index in [1.807, 2.05) is 43.3 Å². The van der Waals surface area contributed by atoms with E-state index >= 15 is 0 Å². The maximum atomic E-state index is 12.4. The molecule has 1 saturated heterocycles. The van der Waals surface area contributed by atoms with Crippen LogP contribution in [-0.2, 0) is 11.3 Å². The zero-order chi connectivity index (χ0) is 19.2. The number of amides is 1. The number of nitrogens with one attached hydrogen (secondary N) is 1. The Morgan fingerprint density at radius 2 is 2.00 bits per heavy atom. The van der Waals surface area contributed by atoms with Crippen molar-refractivity contribution >= 4 is 11.5 Å². The average Bonchev–Trinajstić information content (AvgIpc) is 3.17. The van der Waals surface area contributed by atoms with Gasteiger partial charge in [0.25, 0.3) is 0 Å². The van der Waals surface area contributed by atoms with Crippen molar-refractivity contribution in [1.82, 2.24) is 10.2 Å². The summed E-state index contributed by atoms with van der Waals surface area (Å²) in [5, 5.41) is 2.82. The molecule has 3 N–H and O–H groups in total. The summed E-state index contributed by atoms with van der Waals surface area (Å²) in [7, 11) is 0. The Kier molecular flexibility index (Phi) is 5.94. The second-order valence-corrected chi connectivity index (χ2v) is 6.79. The number of carbonyl (C=O) groups is 1. The summed E-state index contributed by atoms with van der Waals surface area (Å²) in [4.78, 5) is 14.6. The summed E-state index contributed by atoms with van der Waals surface area (Å²) < 4.78 is 5.32. The van der Waals surface area contributed by atoms with Crippen molar-refractivity contribution in [2.24, 2.45) is 11.7 Å². The number of benzene rings is 1. The molecule has 0 bridgehead atoms. The van der Waals surface area contributed by atoms with Crippen LogP contribution < -0.4 is 11.1 Å². The van der Waals surface area contributed by atoms with Crippen LogP contribution in [0.1, 0.15) is 18.2 Å². The predicted octanol–water partition coefficient (Wildman–Crippen LogP) is 3.29. The maximum Gasteiger partial charge on any atom is 0.230 e. The third-order valence-electron chi connectivity index (χ3n) is 4.62. The lowest BCUT2D eigenvalue weighted by Crippen LogP contribution is -2.52. The zero-order valence-electron chi connectivity index (χ0n) is 15.5. The number of hydrogen-bond donors (Lipinski definition) is 2. The molecular formula is C22H25N3O2. The van der Waals surface area contributed by atoms with Crippen LogP contribution in [0.2, 0.25) is 0 Å². The fraction of sp³-hybridized carbons (Fsp3) is 0.227. The quantitative estimate of drug-likeness (QED) is 0.741. The third-order valence-corrected chi connectivity index (χ3v) is 4.62. The molecule has 0 atom stereocenters. The van der Waals surface area contributed by atoms with Crippen molar-refractivity contribution in [1.29, 1.82) is 0 Å². The summed E-state index contributed by atoms with van der Waals surface area (Å²) in [6.45, 7) is 8.16. The van der Waals surface area contributed by atoms with Gasteiger partial charge in [-0.15, -0.1) is 0 Å². The highest BCUT2D eigenvalue weighted by Crippen LogP contribution is 2.19. The Balaban J connectivity index is 1.46. The molecule has 0 saturated carbocycles. The molecule has 5 heteroatoms. The van der Waals surface area contributed by atoms with Crippen molar-refractivity contribution in [3.8, 4) is 0 Å². The topological polar surface area (TPSA) is 71.5 Å². The number of hydrogen-bond acceptors (Lipinski definition) is 4. The Morgan fingerprint density at radius 3 is 2.67 bits per heavy atom. The fourth-order valence-electron chi connectivity index (χ4n) is 2.93. The molecule has 5 nitrogen and oxygen atoms in total. The molecule has 27 heavy (non-hydrogen) atoms. The summed E-state index contributed by atoms with van der Waals surface area (Å²) in [5.41, 5.74) is 9.06. The van der Waals surface area contributed by atoms with Gasteiger partial charge in [-0.3, -0.25) is 9.69 Å². The first-order chi connectivity index (χ1) is 13.0. The smallest absolute Gasteiger partial charge is 0.230 e. The molecule has 0 aliphatic carbocycles. The average molecular weight is 363 g/mol. The largest absolute Gasteiger partial charge is 0.465 e. The first-order valence-electron chi connectivity index (χ1n) is 8.97. The van der Waals surface area contributed by atoms with Gasteiger partial charge in [-0.2, -0.15) is 0 Å². The molecule has 1 aliphatic heterocycles. The minimum atomic E-state index is -0.0348. The third kappa shape index (κ3) is 4.99. The van der Waals surface area contributed by atoms with E-state index in [4.69, 9.17) is 10.2 Å². The second-order valence-electron chi connectivity index (χ2n) is 6.79. The van der Waals surface area contributed by atoms with Gasteiger partial charge in [0.15, 0.2) is 0 Å². The molecule has 1 amide bonds. The number of nitrogens with zero attached hydrogens (tertiary/aromatic N) is 1. The molecule has 2 aromatic rings. The Hall–Kier alpha value is -3.05. The number of furan rings is 1. The fourth-order valence-corrected chi connectivity index (χ4v) is 2.93. The molecule has 1 aromatic carbocycles. The van der Waals surface area contributed by atoms with Gasteiger partial charge in [-0.25, -0.2) is 0 Å². The van der Waals surface area contributed by atoms with Crippen LogP contribution >= 0.6 is 0 Å². The van der Waals surface area contributed by atoms with Crippen LogP contribution in [0.25, 0.3) is 5.57 Å². The number of rotatable bonds is 7. The standard InChI is InChI=1S/C22H25N3O2/c1-16(21-9-6-12-27-21)10-11-20(23)17(2)24-22(26)19-14-25(15-19)13-18-7-4-3-5-8-18/h3-12,19H,2,13-15,23H2,1H3,(H,24,26)/b16-10+,20-11+. The molecule has 140 valence electrons. The number of likely N-dealkylation sites (tertiary alicyclic amines) is 1. The molecule has 0 radical (unpaired) electrons. The van der Waals surface area contributed by atoms with Gasteiger partial charge in [0.05, 0.1) is 23.6 Å². The van der Waals surface area contributed by atoms with Gasteiger partial charge in [0, 0.05) is 19.6 Å². The van der Waals surface area contributed by atoms with Gasteiger partial charge >= 0.3 is 0 Å². The highest BCUT2D eigenvalue weighted by molar-refractivity contribution is 5.82. The molecule has 3 rings (SSSR count). The number of nitrogens with two attached hydrogens (primary N) is 1. The van der Waals surface area contributed by atoms with Crippen molar-refractivity contribution in [3.63, 3.8) is 0 Å². The first-order valence-corrected chi connectivity index (χ1v) is 8.97. The predicted molar refractivity (Wildman–Crippen MR) is 107 cm³/mol. The van der Waals surface area contributed by atoms with E-state index < -0.39 is 0 Å². The maximum absolute atomic E-state index is 12.4.